The molecule has 1 N–H and O–H groups in total. The van der Waals surface area contributed by atoms with E-state index >= 15 is 0 Å². The van der Waals surface area contributed by atoms with E-state index in [-0.39, 0.29) is 12.0 Å². The molecule has 1 aliphatic heterocycles. The van der Waals surface area contributed by atoms with Crippen LogP contribution in [0, 0.1) is 5.41 Å². The van der Waals surface area contributed by atoms with E-state index in [1.807, 2.05) is 0 Å². The van der Waals surface area contributed by atoms with Gasteiger partial charge in [0, 0.05) is 6.54 Å². The Morgan fingerprint density at radius 1 is 1.47 bits per heavy atom. The molecule has 2 rings (SSSR count). The number of likely N-dealkylation sites (tertiary alicyclic amines) is 1. The molecule has 0 aromatic heterocycles. The molecule has 1 amide bonds. The highest BCUT2D eigenvalue weighted by Crippen LogP contribution is 2.45. The van der Waals surface area contributed by atoms with Crippen LogP contribution in [0.1, 0.15) is 38.5 Å². The third-order valence-electron chi connectivity index (χ3n) is 3.95. The lowest BCUT2D eigenvalue weighted by atomic mass is 9.73. The maximum Gasteiger partial charge on any atom is 0.412 e. The van der Waals surface area contributed by atoms with Crippen LogP contribution < -0.4 is 0 Å². The zero-order chi connectivity index (χ0) is 12.3. The molecule has 0 aromatic rings. The molecular formula is C13H21NO3. The fraction of sp³-hybridized carbons (Fsp3) is 0.769. The number of aliphatic hydroxyl groups excluding tert-OH is 1. The Hall–Kier alpha value is -1.03. The number of nitrogens with zero attached hydrogens (tertiary/aromatic N) is 1. The van der Waals surface area contributed by atoms with Crippen molar-refractivity contribution in [2.45, 2.75) is 44.8 Å². The quantitative estimate of drug-likeness (QED) is 0.752. The minimum Gasteiger partial charge on any atom is -0.445 e. The molecular weight excluding hydrogens is 218 g/mol. The maximum absolute atomic E-state index is 11.7. The predicted molar refractivity (Wildman–Crippen MR) is 64.4 cm³/mol. The second-order valence-electron chi connectivity index (χ2n) is 5.24. The number of carbonyl (C=O) groups excluding carboxylic acids is 1. The molecule has 1 unspecified atom stereocenters. The highest BCUT2D eigenvalue weighted by atomic mass is 16.6. The van der Waals surface area contributed by atoms with E-state index in [0.717, 1.165) is 12.8 Å². The summed E-state index contributed by atoms with van der Waals surface area (Å²) in [5.74, 6) is 0. The van der Waals surface area contributed by atoms with Gasteiger partial charge in [-0.05, 0) is 24.7 Å². The highest BCUT2D eigenvalue weighted by Gasteiger charge is 2.46. The lowest BCUT2D eigenvalue weighted by Crippen LogP contribution is -2.37. The van der Waals surface area contributed by atoms with Crippen molar-refractivity contribution in [3.8, 4) is 0 Å². The molecule has 0 radical (unpaired) electrons. The van der Waals surface area contributed by atoms with Gasteiger partial charge in [-0.15, -0.1) is 0 Å². The summed E-state index contributed by atoms with van der Waals surface area (Å²) in [5, 5.41) is 9.98. The smallest absolute Gasteiger partial charge is 0.412 e. The zero-order valence-corrected chi connectivity index (χ0v) is 10.2. The van der Waals surface area contributed by atoms with Crippen LogP contribution in [0.3, 0.4) is 0 Å². The van der Waals surface area contributed by atoms with Gasteiger partial charge >= 0.3 is 6.09 Å². The molecule has 1 saturated carbocycles. The minimum atomic E-state index is -0.676. The number of hydrogen-bond acceptors (Lipinski definition) is 3. The SMILES string of the molecule is C=CCOC(=O)N1CC2(CCCCC2)CC1O. The van der Waals surface area contributed by atoms with Crippen molar-refractivity contribution in [2.75, 3.05) is 13.2 Å². The van der Waals surface area contributed by atoms with E-state index in [4.69, 9.17) is 4.74 Å². The van der Waals surface area contributed by atoms with E-state index in [9.17, 15) is 9.90 Å². The largest absolute Gasteiger partial charge is 0.445 e. The molecule has 2 aliphatic rings. The number of aliphatic hydroxyl groups is 1. The van der Waals surface area contributed by atoms with E-state index < -0.39 is 12.3 Å². The first-order valence-corrected chi connectivity index (χ1v) is 6.39. The Morgan fingerprint density at radius 3 is 2.82 bits per heavy atom. The van der Waals surface area contributed by atoms with Crippen molar-refractivity contribution in [3.05, 3.63) is 12.7 Å². The Labute approximate surface area is 102 Å². The lowest BCUT2D eigenvalue weighted by Gasteiger charge is -2.32. The second kappa shape index (κ2) is 5.08. The molecule has 1 heterocycles. The first-order chi connectivity index (χ1) is 8.17. The van der Waals surface area contributed by atoms with Crippen LogP contribution in [0.2, 0.25) is 0 Å². The van der Waals surface area contributed by atoms with Gasteiger partial charge in [0.25, 0.3) is 0 Å². The van der Waals surface area contributed by atoms with Crippen LogP contribution in [0.4, 0.5) is 4.79 Å². The van der Waals surface area contributed by atoms with Crippen molar-refractivity contribution in [1.82, 2.24) is 4.90 Å². The van der Waals surface area contributed by atoms with Crippen LogP contribution in [-0.2, 0) is 4.74 Å². The minimum absolute atomic E-state index is 0.144. The van der Waals surface area contributed by atoms with Crippen molar-refractivity contribution in [3.63, 3.8) is 0 Å². The summed E-state index contributed by atoms with van der Waals surface area (Å²) in [4.78, 5) is 13.2. The van der Waals surface area contributed by atoms with Gasteiger partial charge in [0.1, 0.15) is 12.8 Å². The predicted octanol–water partition coefficient (Wildman–Crippen LogP) is 2.28. The average Bonchev–Trinajstić information content (AvgIpc) is 2.64. The fourth-order valence-corrected chi connectivity index (χ4v) is 3.09. The molecule has 1 saturated heterocycles. The Kier molecular flexibility index (Phi) is 3.72. The zero-order valence-electron chi connectivity index (χ0n) is 10.2. The summed E-state index contributed by atoms with van der Waals surface area (Å²) in [6.07, 6.45) is 7.09. The van der Waals surface area contributed by atoms with Crippen molar-refractivity contribution >= 4 is 6.09 Å². The third kappa shape index (κ3) is 2.63. The molecule has 1 atom stereocenters. The average molecular weight is 239 g/mol. The lowest BCUT2D eigenvalue weighted by molar-refractivity contribution is 0.0285. The standard InChI is InChI=1S/C13H21NO3/c1-2-8-17-12(16)14-10-13(9-11(14)15)6-4-3-5-7-13/h2,11,15H,1,3-10H2. The molecule has 17 heavy (non-hydrogen) atoms. The number of carbonyl (C=O) groups is 1. The van der Waals surface area contributed by atoms with Gasteiger partial charge in [0.15, 0.2) is 0 Å². The first-order valence-electron chi connectivity index (χ1n) is 6.39. The monoisotopic (exact) mass is 239 g/mol. The summed E-state index contributed by atoms with van der Waals surface area (Å²) in [6, 6.07) is 0. The summed E-state index contributed by atoms with van der Waals surface area (Å²) >= 11 is 0. The Bertz CT molecular complexity index is 297. The van der Waals surface area contributed by atoms with E-state index in [2.05, 4.69) is 6.58 Å². The van der Waals surface area contributed by atoms with E-state index in [1.165, 1.54) is 30.2 Å². The molecule has 4 nitrogen and oxygen atoms in total. The molecule has 4 heteroatoms. The van der Waals surface area contributed by atoms with Gasteiger partial charge in [-0.1, -0.05) is 31.9 Å². The summed E-state index contributed by atoms with van der Waals surface area (Å²) in [5.41, 5.74) is 0.144. The van der Waals surface area contributed by atoms with Gasteiger partial charge in [-0.2, -0.15) is 0 Å². The van der Waals surface area contributed by atoms with Crippen LogP contribution >= 0.6 is 0 Å². The summed E-state index contributed by atoms with van der Waals surface area (Å²) in [7, 11) is 0. The van der Waals surface area contributed by atoms with Crippen molar-refractivity contribution in [1.29, 1.82) is 0 Å². The number of ether oxygens (including phenoxy) is 1. The molecule has 1 spiro atoms. The normalized spacial score (nSPS) is 27.1. The van der Waals surface area contributed by atoms with Gasteiger partial charge in [-0.3, -0.25) is 4.90 Å². The van der Waals surface area contributed by atoms with Crippen LogP contribution in [0.5, 0.6) is 0 Å². The van der Waals surface area contributed by atoms with E-state index in [1.54, 1.807) is 0 Å². The van der Waals surface area contributed by atoms with Gasteiger partial charge in [0.2, 0.25) is 0 Å². The molecule has 0 bridgehead atoms. The van der Waals surface area contributed by atoms with Crippen molar-refractivity contribution in [2.24, 2.45) is 5.41 Å². The number of amides is 1. The Morgan fingerprint density at radius 2 is 2.18 bits per heavy atom. The number of rotatable bonds is 2. The molecule has 96 valence electrons. The van der Waals surface area contributed by atoms with Crippen LogP contribution in [0.25, 0.3) is 0 Å². The molecule has 2 fully saturated rings. The van der Waals surface area contributed by atoms with Crippen molar-refractivity contribution < 1.29 is 14.6 Å². The first kappa shape index (κ1) is 12.4. The summed E-state index contributed by atoms with van der Waals surface area (Å²) in [6.45, 7) is 4.35. The van der Waals surface area contributed by atoms with Crippen LogP contribution in [0.15, 0.2) is 12.7 Å². The fourth-order valence-electron chi connectivity index (χ4n) is 3.09. The van der Waals surface area contributed by atoms with Gasteiger partial charge in [0.05, 0.1) is 0 Å². The maximum atomic E-state index is 11.7. The topological polar surface area (TPSA) is 49.8 Å². The van der Waals surface area contributed by atoms with Crippen LogP contribution in [-0.4, -0.2) is 35.5 Å². The Balaban J connectivity index is 1.96. The summed E-state index contributed by atoms with van der Waals surface area (Å²) < 4.78 is 4.99. The number of hydrogen-bond donors (Lipinski definition) is 1. The molecule has 0 aromatic carbocycles. The van der Waals surface area contributed by atoms with Gasteiger partial charge < -0.3 is 9.84 Å². The van der Waals surface area contributed by atoms with E-state index in [0.29, 0.717) is 13.0 Å². The second-order valence-corrected chi connectivity index (χ2v) is 5.24. The molecule has 1 aliphatic carbocycles. The third-order valence-corrected chi connectivity index (χ3v) is 3.95. The van der Waals surface area contributed by atoms with Gasteiger partial charge in [-0.25, -0.2) is 4.79 Å². The highest BCUT2D eigenvalue weighted by molar-refractivity contribution is 5.68.